The summed E-state index contributed by atoms with van der Waals surface area (Å²) in [5.41, 5.74) is 0.618. The predicted molar refractivity (Wildman–Crippen MR) is 38.6 cm³/mol. The lowest BCUT2D eigenvalue weighted by Gasteiger charge is -2.08. The summed E-state index contributed by atoms with van der Waals surface area (Å²) in [6, 6.07) is 3.19. The standard InChI is InChI=1S/C8H9F2N/c1-8(9,10)6-7-2-4-11-5-3-7/h2-5H,6H2,1H3. The van der Waals surface area contributed by atoms with Crippen molar-refractivity contribution in [2.24, 2.45) is 0 Å². The van der Waals surface area contributed by atoms with Gasteiger partial charge in [0.25, 0.3) is 0 Å². The van der Waals surface area contributed by atoms with Crippen molar-refractivity contribution in [2.45, 2.75) is 19.3 Å². The Morgan fingerprint density at radius 1 is 1.36 bits per heavy atom. The summed E-state index contributed by atoms with van der Waals surface area (Å²) < 4.78 is 24.8. The molecule has 60 valence electrons. The van der Waals surface area contributed by atoms with Crippen LogP contribution < -0.4 is 0 Å². The first-order valence-corrected chi connectivity index (χ1v) is 3.35. The lowest BCUT2D eigenvalue weighted by Crippen LogP contribution is -2.13. The molecule has 0 atom stereocenters. The van der Waals surface area contributed by atoms with Gasteiger partial charge in [0.2, 0.25) is 5.92 Å². The van der Waals surface area contributed by atoms with Crippen LogP contribution in [-0.4, -0.2) is 10.9 Å². The molecule has 0 aliphatic heterocycles. The quantitative estimate of drug-likeness (QED) is 0.641. The van der Waals surface area contributed by atoms with Crippen molar-refractivity contribution in [2.75, 3.05) is 0 Å². The van der Waals surface area contributed by atoms with Gasteiger partial charge in [-0.05, 0) is 24.6 Å². The summed E-state index contributed by atoms with van der Waals surface area (Å²) in [4.78, 5) is 3.73. The minimum absolute atomic E-state index is 0.213. The van der Waals surface area contributed by atoms with Crippen LogP contribution in [0.2, 0.25) is 0 Å². The molecule has 0 fully saturated rings. The van der Waals surface area contributed by atoms with Gasteiger partial charge in [-0.1, -0.05) is 0 Å². The number of halogens is 2. The molecule has 1 heterocycles. The highest BCUT2D eigenvalue weighted by Crippen LogP contribution is 2.17. The van der Waals surface area contributed by atoms with E-state index in [1.165, 1.54) is 12.4 Å². The lowest BCUT2D eigenvalue weighted by molar-refractivity contribution is 0.0226. The van der Waals surface area contributed by atoms with Gasteiger partial charge in [0.1, 0.15) is 0 Å². The molecule has 3 heteroatoms. The monoisotopic (exact) mass is 157 g/mol. The first-order valence-electron chi connectivity index (χ1n) is 3.35. The van der Waals surface area contributed by atoms with E-state index < -0.39 is 5.92 Å². The van der Waals surface area contributed by atoms with E-state index in [1.54, 1.807) is 12.1 Å². The fourth-order valence-electron chi connectivity index (χ4n) is 0.859. The molecule has 0 spiro atoms. The maximum Gasteiger partial charge on any atom is 0.249 e. The van der Waals surface area contributed by atoms with Crippen LogP contribution in [0.25, 0.3) is 0 Å². The fourth-order valence-corrected chi connectivity index (χ4v) is 0.859. The molecule has 0 radical (unpaired) electrons. The van der Waals surface area contributed by atoms with E-state index in [2.05, 4.69) is 4.98 Å². The van der Waals surface area contributed by atoms with Crippen LogP contribution in [-0.2, 0) is 6.42 Å². The minimum Gasteiger partial charge on any atom is -0.265 e. The van der Waals surface area contributed by atoms with E-state index in [-0.39, 0.29) is 6.42 Å². The highest BCUT2D eigenvalue weighted by atomic mass is 19.3. The molecule has 0 aliphatic rings. The zero-order valence-electron chi connectivity index (χ0n) is 6.22. The van der Waals surface area contributed by atoms with E-state index in [0.717, 1.165) is 6.92 Å². The van der Waals surface area contributed by atoms with Gasteiger partial charge in [-0.15, -0.1) is 0 Å². The number of alkyl halides is 2. The molecule has 0 N–H and O–H groups in total. The Morgan fingerprint density at radius 2 is 1.91 bits per heavy atom. The molecule has 1 rings (SSSR count). The van der Waals surface area contributed by atoms with Crippen LogP contribution in [0.15, 0.2) is 24.5 Å². The van der Waals surface area contributed by atoms with E-state index in [1.807, 2.05) is 0 Å². The third kappa shape index (κ3) is 3.07. The van der Waals surface area contributed by atoms with Gasteiger partial charge in [-0.2, -0.15) is 0 Å². The molecular weight excluding hydrogens is 148 g/mol. The smallest absolute Gasteiger partial charge is 0.249 e. The minimum atomic E-state index is -2.62. The largest absolute Gasteiger partial charge is 0.265 e. The molecule has 1 aromatic heterocycles. The van der Waals surface area contributed by atoms with E-state index in [0.29, 0.717) is 5.56 Å². The Bertz CT molecular complexity index is 215. The van der Waals surface area contributed by atoms with E-state index in [9.17, 15) is 8.78 Å². The zero-order chi connectivity index (χ0) is 8.32. The highest BCUT2D eigenvalue weighted by molar-refractivity contribution is 5.11. The molecule has 1 nitrogen and oxygen atoms in total. The van der Waals surface area contributed by atoms with Gasteiger partial charge in [0, 0.05) is 18.8 Å². The third-order valence-corrected chi connectivity index (χ3v) is 1.26. The topological polar surface area (TPSA) is 12.9 Å². The maximum atomic E-state index is 12.4. The van der Waals surface area contributed by atoms with Crippen molar-refractivity contribution >= 4 is 0 Å². The van der Waals surface area contributed by atoms with Gasteiger partial charge >= 0.3 is 0 Å². The number of hydrogen-bond acceptors (Lipinski definition) is 1. The van der Waals surface area contributed by atoms with Crippen LogP contribution in [0.3, 0.4) is 0 Å². The van der Waals surface area contributed by atoms with Gasteiger partial charge in [-0.25, -0.2) is 8.78 Å². The van der Waals surface area contributed by atoms with Crippen LogP contribution >= 0.6 is 0 Å². The SMILES string of the molecule is CC(F)(F)Cc1ccncc1. The molecule has 0 unspecified atom stereocenters. The summed E-state index contributed by atoms with van der Waals surface area (Å²) in [5.74, 6) is -2.62. The summed E-state index contributed by atoms with van der Waals surface area (Å²) in [6.45, 7) is 0.910. The number of rotatable bonds is 2. The Labute approximate surface area is 64.1 Å². The van der Waals surface area contributed by atoms with Crippen LogP contribution in [0.5, 0.6) is 0 Å². The van der Waals surface area contributed by atoms with Crippen LogP contribution in [0, 0.1) is 0 Å². The first kappa shape index (κ1) is 8.11. The average Bonchev–Trinajstić information content (AvgIpc) is 1.85. The van der Waals surface area contributed by atoms with Crippen molar-refractivity contribution in [3.8, 4) is 0 Å². The second kappa shape index (κ2) is 2.95. The van der Waals surface area contributed by atoms with E-state index in [4.69, 9.17) is 0 Å². The van der Waals surface area contributed by atoms with Gasteiger partial charge in [0.05, 0.1) is 0 Å². The van der Waals surface area contributed by atoms with Gasteiger partial charge in [-0.3, -0.25) is 4.98 Å². The number of nitrogens with zero attached hydrogens (tertiary/aromatic N) is 1. The van der Waals surface area contributed by atoms with Crippen LogP contribution in [0.1, 0.15) is 12.5 Å². The normalized spacial score (nSPS) is 11.5. The number of pyridine rings is 1. The molecule has 0 aromatic carbocycles. The lowest BCUT2D eigenvalue weighted by atomic mass is 10.1. The Hall–Kier alpha value is -0.990. The second-order valence-corrected chi connectivity index (χ2v) is 2.60. The van der Waals surface area contributed by atoms with Gasteiger partial charge < -0.3 is 0 Å². The molecule has 11 heavy (non-hydrogen) atoms. The molecule has 1 aromatic rings. The van der Waals surface area contributed by atoms with Gasteiger partial charge in [0.15, 0.2) is 0 Å². The fraction of sp³-hybridized carbons (Fsp3) is 0.375. The maximum absolute atomic E-state index is 12.4. The Morgan fingerprint density at radius 3 is 2.36 bits per heavy atom. The predicted octanol–water partition coefficient (Wildman–Crippen LogP) is 2.28. The Kier molecular flexibility index (Phi) is 2.17. The molecular formula is C8H9F2N. The number of hydrogen-bond donors (Lipinski definition) is 0. The van der Waals surface area contributed by atoms with Crippen molar-refractivity contribution in [1.82, 2.24) is 4.98 Å². The highest BCUT2D eigenvalue weighted by Gasteiger charge is 2.20. The van der Waals surface area contributed by atoms with E-state index >= 15 is 0 Å². The summed E-state index contributed by atoms with van der Waals surface area (Å²) >= 11 is 0. The van der Waals surface area contributed by atoms with Crippen LogP contribution in [0.4, 0.5) is 8.78 Å². The number of aromatic nitrogens is 1. The first-order chi connectivity index (χ1) is 5.08. The molecule has 0 aliphatic carbocycles. The Balaban J connectivity index is 2.66. The zero-order valence-corrected chi connectivity index (χ0v) is 6.22. The molecule has 0 saturated carbocycles. The molecule has 0 bridgehead atoms. The molecule has 0 saturated heterocycles. The second-order valence-electron chi connectivity index (χ2n) is 2.60. The van der Waals surface area contributed by atoms with Crippen molar-refractivity contribution in [1.29, 1.82) is 0 Å². The van der Waals surface area contributed by atoms with Crippen molar-refractivity contribution in [3.05, 3.63) is 30.1 Å². The average molecular weight is 157 g/mol. The molecule has 0 amide bonds. The van der Waals surface area contributed by atoms with Crippen molar-refractivity contribution in [3.63, 3.8) is 0 Å². The summed E-state index contributed by atoms with van der Waals surface area (Å²) in [7, 11) is 0. The summed E-state index contributed by atoms with van der Waals surface area (Å²) in [5, 5.41) is 0. The summed E-state index contributed by atoms with van der Waals surface area (Å²) in [6.07, 6.45) is 2.82. The van der Waals surface area contributed by atoms with Crippen molar-refractivity contribution < 1.29 is 8.78 Å². The third-order valence-electron chi connectivity index (χ3n) is 1.26.